The third-order valence-electron chi connectivity index (χ3n) is 2.52. The van der Waals surface area contributed by atoms with Crippen LogP contribution in [0.15, 0.2) is 28.5 Å². The third-order valence-corrected chi connectivity index (χ3v) is 3.58. The molecule has 0 atom stereocenters. The minimum absolute atomic E-state index is 0.0438. The van der Waals surface area contributed by atoms with Crippen LogP contribution in [-0.4, -0.2) is 39.4 Å². The molecule has 1 aromatic carbocycles. The average Bonchev–Trinajstić information content (AvgIpc) is 2.95. The molecule has 1 heterocycles. The van der Waals surface area contributed by atoms with Crippen LogP contribution in [0.5, 0.6) is 11.5 Å². The standard InChI is InChI=1S/C13H17N5O2S/c1-3-7-21-13-15-12(17-18-13)16-14-8-9-5-4-6-10(20-2)11(9)19/h4-6,8,19H,3,7H2,1-2H3,(H2,15,16,17,18)/b14-8-. The van der Waals surface area contributed by atoms with Crippen molar-refractivity contribution in [2.45, 2.75) is 18.5 Å². The molecule has 0 spiro atoms. The molecule has 1 aromatic heterocycles. The Morgan fingerprint density at radius 3 is 3.14 bits per heavy atom. The molecule has 0 radical (unpaired) electrons. The van der Waals surface area contributed by atoms with Crippen molar-refractivity contribution in [3.05, 3.63) is 23.8 Å². The van der Waals surface area contributed by atoms with E-state index in [0.717, 1.165) is 12.2 Å². The quantitative estimate of drug-likeness (QED) is 0.413. The molecule has 0 bridgehead atoms. The summed E-state index contributed by atoms with van der Waals surface area (Å²) in [4.78, 5) is 4.22. The molecule has 7 nitrogen and oxygen atoms in total. The van der Waals surface area contributed by atoms with Gasteiger partial charge in [0, 0.05) is 11.3 Å². The SMILES string of the molecule is CCCSc1n[nH]c(N/N=C\c2cccc(OC)c2O)n1. The number of phenols is 1. The number of aromatic hydroxyl groups is 1. The predicted molar refractivity (Wildman–Crippen MR) is 83.3 cm³/mol. The van der Waals surface area contributed by atoms with Crippen molar-refractivity contribution in [2.24, 2.45) is 5.10 Å². The zero-order valence-electron chi connectivity index (χ0n) is 11.8. The molecule has 0 aliphatic rings. The highest BCUT2D eigenvalue weighted by Crippen LogP contribution is 2.27. The summed E-state index contributed by atoms with van der Waals surface area (Å²) in [6.07, 6.45) is 2.55. The highest BCUT2D eigenvalue weighted by Gasteiger charge is 2.05. The number of anilines is 1. The highest BCUT2D eigenvalue weighted by atomic mass is 32.2. The van der Waals surface area contributed by atoms with Crippen molar-refractivity contribution in [2.75, 3.05) is 18.3 Å². The summed E-state index contributed by atoms with van der Waals surface area (Å²) in [5.74, 6) is 1.87. The van der Waals surface area contributed by atoms with Gasteiger partial charge in [-0.05, 0) is 18.6 Å². The molecule has 0 fully saturated rings. The summed E-state index contributed by atoms with van der Waals surface area (Å²) in [7, 11) is 1.50. The maximum Gasteiger partial charge on any atom is 0.240 e. The van der Waals surface area contributed by atoms with Gasteiger partial charge in [-0.1, -0.05) is 24.8 Å². The summed E-state index contributed by atoms with van der Waals surface area (Å²) in [6.45, 7) is 2.10. The molecular weight excluding hydrogens is 290 g/mol. The van der Waals surface area contributed by atoms with E-state index in [1.807, 2.05) is 0 Å². The average molecular weight is 307 g/mol. The van der Waals surface area contributed by atoms with Gasteiger partial charge in [0.05, 0.1) is 13.3 Å². The van der Waals surface area contributed by atoms with E-state index in [4.69, 9.17) is 4.74 Å². The van der Waals surface area contributed by atoms with Gasteiger partial charge < -0.3 is 9.84 Å². The van der Waals surface area contributed by atoms with Crippen LogP contribution in [0.3, 0.4) is 0 Å². The van der Waals surface area contributed by atoms with Crippen LogP contribution in [0, 0.1) is 0 Å². The second-order valence-electron chi connectivity index (χ2n) is 4.08. The van der Waals surface area contributed by atoms with Crippen LogP contribution in [0.4, 0.5) is 5.95 Å². The second kappa shape index (κ2) is 7.53. The van der Waals surface area contributed by atoms with E-state index in [2.05, 4.69) is 32.6 Å². The van der Waals surface area contributed by atoms with Crippen LogP contribution in [0.2, 0.25) is 0 Å². The molecule has 2 rings (SSSR count). The maximum absolute atomic E-state index is 9.90. The Hall–Kier alpha value is -2.22. The van der Waals surface area contributed by atoms with Crippen molar-refractivity contribution >= 4 is 23.9 Å². The number of hydrogen-bond donors (Lipinski definition) is 3. The van der Waals surface area contributed by atoms with Gasteiger partial charge in [-0.2, -0.15) is 10.1 Å². The van der Waals surface area contributed by atoms with Crippen molar-refractivity contribution < 1.29 is 9.84 Å². The highest BCUT2D eigenvalue weighted by molar-refractivity contribution is 7.99. The zero-order valence-corrected chi connectivity index (χ0v) is 12.6. The minimum Gasteiger partial charge on any atom is -0.504 e. The van der Waals surface area contributed by atoms with Gasteiger partial charge in [0.25, 0.3) is 0 Å². The molecule has 112 valence electrons. The number of methoxy groups -OCH3 is 1. The van der Waals surface area contributed by atoms with Crippen LogP contribution in [0.25, 0.3) is 0 Å². The number of H-pyrrole nitrogens is 1. The van der Waals surface area contributed by atoms with E-state index in [9.17, 15) is 5.11 Å². The Morgan fingerprint density at radius 1 is 1.52 bits per heavy atom. The number of nitrogens with one attached hydrogen (secondary N) is 2. The molecule has 3 N–H and O–H groups in total. The Bertz CT molecular complexity index is 614. The molecular formula is C13H17N5O2S. The number of para-hydroxylation sites is 1. The van der Waals surface area contributed by atoms with E-state index < -0.39 is 0 Å². The van der Waals surface area contributed by atoms with Crippen molar-refractivity contribution in [1.29, 1.82) is 0 Å². The first-order valence-electron chi connectivity index (χ1n) is 6.44. The van der Waals surface area contributed by atoms with Gasteiger partial charge in [-0.25, -0.2) is 10.5 Å². The fourth-order valence-corrected chi connectivity index (χ4v) is 2.18. The Balaban J connectivity index is 1.97. The molecule has 0 unspecified atom stereocenters. The van der Waals surface area contributed by atoms with Gasteiger partial charge in [0.15, 0.2) is 11.5 Å². The second-order valence-corrected chi connectivity index (χ2v) is 5.15. The summed E-state index contributed by atoms with van der Waals surface area (Å²) in [5.41, 5.74) is 3.27. The molecule has 0 aliphatic carbocycles. The molecule has 0 saturated carbocycles. The van der Waals surface area contributed by atoms with Gasteiger partial charge in [-0.15, -0.1) is 5.10 Å². The lowest BCUT2D eigenvalue weighted by Gasteiger charge is -2.04. The van der Waals surface area contributed by atoms with E-state index in [0.29, 0.717) is 22.4 Å². The van der Waals surface area contributed by atoms with Crippen molar-refractivity contribution in [3.63, 3.8) is 0 Å². The first-order chi connectivity index (χ1) is 10.2. The van der Waals surface area contributed by atoms with E-state index in [1.54, 1.807) is 30.0 Å². The largest absolute Gasteiger partial charge is 0.504 e. The number of phenolic OH excluding ortho intramolecular Hbond substituents is 1. The Morgan fingerprint density at radius 2 is 2.38 bits per heavy atom. The number of aromatic amines is 1. The third kappa shape index (κ3) is 4.12. The van der Waals surface area contributed by atoms with Crippen LogP contribution in [-0.2, 0) is 0 Å². The number of hydrogen-bond acceptors (Lipinski definition) is 7. The molecule has 0 saturated heterocycles. The van der Waals surface area contributed by atoms with Crippen molar-refractivity contribution in [1.82, 2.24) is 15.2 Å². The summed E-state index contributed by atoms with van der Waals surface area (Å²) < 4.78 is 5.03. The lowest BCUT2D eigenvalue weighted by atomic mass is 10.2. The molecule has 0 amide bonds. The lowest BCUT2D eigenvalue weighted by molar-refractivity contribution is 0.373. The molecule has 8 heteroatoms. The predicted octanol–water partition coefficient (Wildman–Crippen LogP) is 2.47. The first-order valence-corrected chi connectivity index (χ1v) is 7.43. The fraction of sp³-hybridized carbons (Fsp3) is 0.308. The minimum atomic E-state index is 0.0438. The number of ether oxygens (including phenoxy) is 1. The van der Waals surface area contributed by atoms with Crippen LogP contribution in [0.1, 0.15) is 18.9 Å². The number of rotatable bonds is 7. The first kappa shape index (κ1) is 15.2. The topological polar surface area (TPSA) is 95.4 Å². The number of benzene rings is 1. The molecule has 2 aromatic rings. The summed E-state index contributed by atoms with van der Waals surface area (Å²) in [6, 6.07) is 5.17. The lowest BCUT2D eigenvalue weighted by Crippen LogP contribution is -1.94. The number of nitrogens with zero attached hydrogens (tertiary/aromatic N) is 3. The van der Waals surface area contributed by atoms with E-state index in [1.165, 1.54) is 13.3 Å². The smallest absolute Gasteiger partial charge is 0.240 e. The number of aromatic nitrogens is 3. The Kier molecular flexibility index (Phi) is 5.44. The fourth-order valence-electron chi connectivity index (χ4n) is 1.53. The number of thioether (sulfide) groups is 1. The van der Waals surface area contributed by atoms with Crippen molar-refractivity contribution in [3.8, 4) is 11.5 Å². The van der Waals surface area contributed by atoms with E-state index in [-0.39, 0.29) is 5.75 Å². The van der Waals surface area contributed by atoms with Crippen LogP contribution >= 0.6 is 11.8 Å². The van der Waals surface area contributed by atoms with Gasteiger partial charge >= 0.3 is 0 Å². The Labute approximate surface area is 126 Å². The van der Waals surface area contributed by atoms with E-state index >= 15 is 0 Å². The van der Waals surface area contributed by atoms with Gasteiger partial charge in [0.2, 0.25) is 11.1 Å². The molecule has 21 heavy (non-hydrogen) atoms. The summed E-state index contributed by atoms with van der Waals surface area (Å²) >= 11 is 1.58. The monoisotopic (exact) mass is 307 g/mol. The van der Waals surface area contributed by atoms with Crippen LogP contribution < -0.4 is 10.2 Å². The molecule has 0 aliphatic heterocycles. The zero-order chi connectivity index (χ0) is 15.1. The van der Waals surface area contributed by atoms with Gasteiger partial charge in [-0.3, -0.25) is 0 Å². The number of hydrazone groups is 1. The van der Waals surface area contributed by atoms with Gasteiger partial charge in [0.1, 0.15) is 0 Å². The normalized spacial score (nSPS) is 11.0. The maximum atomic E-state index is 9.90. The summed E-state index contributed by atoms with van der Waals surface area (Å²) in [5, 5.41) is 21.4.